The first-order chi connectivity index (χ1) is 13.2. The summed E-state index contributed by atoms with van der Waals surface area (Å²) in [5.41, 5.74) is 2.01. The van der Waals surface area contributed by atoms with Gasteiger partial charge in [-0.05, 0) is 50.5 Å². The van der Waals surface area contributed by atoms with Gasteiger partial charge in [0.25, 0.3) is 0 Å². The summed E-state index contributed by atoms with van der Waals surface area (Å²) < 4.78 is 15.6. The first-order valence-electron chi connectivity index (χ1n) is 8.93. The van der Waals surface area contributed by atoms with Crippen LogP contribution >= 0.6 is 0 Å². The van der Waals surface area contributed by atoms with Crippen molar-refractivity contribution >= 4 is 22.8 Å². The lowest BCUT2D eigenvalue weighted by Gasteiger charge is -2.12. The average molecular weight is 387 g/mol. The summed E-state index contributed by atoms with van der Waals surface area (Å²) in [4.78, 5) is 35.8. The molecule has 0 unspecified atom stereocenters. The van der Waals surface area contributed by atoms with Crippen molar-refractivity contribution in [3.8, 4) is 5.75 Å². The molecule has 0 aliphatic rings. The molecule has 0 radical (unpaired) electrons. The number of amides is 1. The largest absolute Gasteiger partial charge is 0.489 e. The molecule has 150 valence electrons. The summed E-state index contributed by atoms with van der Waals surface area (Å²) in [6, 6.07) is 4.54. The number of carbonyl (C=O) groups excluding carboxylic acids is 2. The first kappa shape index (κ1) is 21.2. The molecule has 0 bridgehead atoms. The molecule has 0 aliphatic heterocycles. The quantitative estimate of drug-likeness (QED) is 0.425. The van der Waals surface area contributed by atoms with Crippen molar-refractivity contribution in [3.05, 3.63) is 51.9 Å². The Labute approximate surface area is 163 Å². The van der Waals surface area contributed by atoms with Gasteiger partial charge in [-0.1, -0.05) is 6.58 Å². The van der Waals surface area contributed by atoms with Crippen LogP contribution in [0.2, 0.25) is 0 Å². The molecule has 0 aliphatic carbocycles. The molecule has 0 fully saturated rings. The average Bonchev–Trinajstić information content (AvgIpc) is 2.65. The lowest BCUT2D eigenvalue weighted by atomic mass is 10.0. The second-order valence-electron chi connectivity index (χ2n) is 6.71. The number of ether oxygens (including phenoxy) is 2. The van der Waals surface area contributed by atoms with Crippen molar-refractivity contribution in [2.75, 3.05) is 13.7 Å². The maximum atomic E-state index is 12.4. The van der Waals surface area contributed by atoms with Crippen LogP contribution < -0.4 is 15.7 Å². The molecule has 0 spiro atoms. The number of hydrogen-bond acceptors (Lipinski definition) is 6. The van der Waals surface area contributed by atoms with Gasteiger partial charge in [0.15, 0.2) is 0 Å². The molecule has 2 aromatic rings. The zero-order valence-electron chi connectivity index (χ0n) is 16.6. The first-order valence-corrected chi connectivity index (χ1v) is 8.93. The molecule has 1 aromatic heterocycles. The Morgan fingerprint density at radius 1 is 1.32 bits per heavy atom. The number of nitrogens with one attached hydrogen (secondary N) is 1. The third-order valence-corrected chi connectivity index (χ3v) is 4.28. The summed E-state index contributed by atoms with van der Waals surface area (Å²) in [5, 5.41) is 3.32. The van der Waals surface area contributed by atoms with Gasteiger partial charge in [-0.25, -0.2) is 9.59 Å². The second-order valence-corrected chi connectivity index (χ2v) is 6.71. The van der Waals surface area contributed by atoms with E-state index in [-0.39, 0.29) is 18.7 Å². The molecule has 1 N–H and O–H groups in total. The number of carbonyl (C=O) groups is 2. The summed E-state index contributed by atoms with van der Waals surface area (Å²) in [6.45, 7) is 9.38. The van der Waals surface area contributed by atoms with Crippen LogP contribution in [-0.4, -0.2) is 31.6 Å². The molecular formula is C21H25NO6. The summed E-state index contributed by atoms with van der Waals surface area (Å²) >= 11 is 0. The van der Waals surface area contributed by atoms with E-state index in [2.05, 4.69) is 16.6 Å². The van der Waals surface area contributed by atoms with E-state index in [9.17, 15) is 14.4 Å². The molecule has 2 rings (SSSR count). The Bertz CT molecular complexity index is 959. The lowest BCUT2D eigenvalue weighted by Crippen LogP contribution is -2.39. The molecule has 0 saturated carbocycles. The monoisotopic (exact) mass is 387 g/mol. The molecule has 7 heteroatoms. The van der Waals surface area contributed by atoms with Gasteiger partial charge < -0.3 is 19.2 Å². The Morgan fingerprint density at radius 2 is 2.04 bits per heavy atom. The number of rotatable bonds is 8. The Hall–Kier alpha value is -3.09. The van der Waals surface area contributed by atoms with Gasteiger partial charge >= 0.3 is 11.6 Å². The minimum Gasteiger partial charge on any atom is -0.489 e. The molecule has 28 heavy (non-hydrogen) atoms. The molecule has 1 heterocycles. The predicted molar refractivity (Wildman–Crippen MR) is 105 cm³/mol. The second kappa shape index (κ2) is 9.21. The molecule has 1 aromatic carbocycles. The Balaban J connectivity index is 2.16. The topological polar surface area (TPSA) is 94.8 Å². The molecule has 7 nitrogen and oxygen atoms in total. The standard InChI is InChI=1S/C21H25NO6/c1-12(2)11-27-15-6-7-16-13(3)17(21(25)28-18(16)10-15)8-9-19(23)22-14(4)20(24)26-5/h6-7,10,14H,1,8-9,11H2,2-5H3,(H,22,23)/t14-/m0/s1. The third-order valence-electron chi connectivity index (χ3n) is 4.28. The van der Waals surface area contributed by atoms with E-state index in [1.807, 2.05) is 19.9 Å². The van der Waals surface area contributed by atoms with Crippen LogP contribution in [0.1, 0.15) is 31.4 Å². The van der Waals surface area contributed by atoms with E-state index in [1.54, 1.807) is 12.1 Å². The van der Waals surface area contributed by atoms with E-state index in [4.69, 9.17) is 9.15 Å². The maximum absolute atomic E-state index is 12.4. The zero-order valence-corrected chi connectivity index (χ0v) is 16.6. The highest BCUT2D eigenvalue weighted by atomic mass is 16.5. The number of aryl methyl sites for hydroxylation is 1. The number of fused-ring (bicyclic) bond motifs is 1. The maximum Gasteiger partial charge on any atom is 0.339 e. The van der Waals surface area contributed by atoms with Gasteiger partial charge in [0.1, 0.15) is 24.0 Å². The lowest BCUT2D eigenvalue weighted by molar-refractivity contribution is -0.144. The van der Waals surface area contributed by atoms with Crippen LogP contribution in [0.4, 0.5) is 0 Å². The van der Waals surface area contributed by atoms with Crippen LogP contribution in [0.5, 0.6) is 5.75 Å². The number of methoxy groups -OCH3 is 1. The van der Waals surface area contributed by atoms with E-state index in [1.165, 1.54) is 14.0 Å². The highest BCUT2D eigenvalue weighted by Crippen LogP contribution is 2.25. The van der Waals surface area contributed by atoms with Gasteiger partial charge in [0.2, 0.25) is 5.91 Å². The number of esters is 1. The smallest absolute Gasteiger partial charge is 0.339 e. The van der Waals surface area contributed by atoms with Gasteiger partial charge in [0, 0.05) is 23.4 Å². The van der Waals surface area contributed by atoms with Gasteiger partial charge in [0.05, 0.1) is 7.11 Å². The fraction of sp³-hybridized carbons (Fsp3) is 0.381. The summed E-state index contributed by atoms with van der Waals surface area (Å²) in [5.74, 6) is -0.290. The van der Waals surface area contributed by atoms with Crippen molar-refractivity contribution in [1.82, 2.24) is 5.32 Å². The van der Waals surface area contributed by atoms with E-state index in [0.29, 0.717) is 23.5 Å². The zero-order chi connectivity index (χ0) is 20.8. The molecule has 1 amide bonds. The Kier molecular flexibility index (Phi) is 6.98. The summed E-state index contributed by atoms with van der Waals surface area (Å²) in [6.07, 6.45) is 0.260. The highest BCUT2D eigenvalue weighted by molar-refractivity contribution is 5.85. The number of hydrogen-bond donors (Lipinski definition) is 1. The highest BCUT2D eigenvalue weighted by Gasteiger charge is 2.17. The van der Waals surface area contributed by atoms with Crippen molar-refractivity contribution in [1.29, 1.82) is 0 Å². The molecular weight excluding hydrogens is 362 g/mol. The van der Waals surface area contributed by atoms with Crippen LogP contribution in [0.25, 0.3) is 11.0 Å². The molecule has 1 atom stereocenters. The van der Waals surface area contributed by atoms with E-state index < -0.39 is 17.6 Å². The fourth-order valence-electron chi connectivity index (χ4n) is 2.75. The van der Waals surface area contributed by atoms with Gasteiger partial charge in [-0.3, -0.25) is 4.79 Å². The van der Waals surface area contributed by atoms with Crippen molar-refractivity contribution < 1.29 is 23.5 Å². The minimum absolute atomic E-state index is 0.0538. The van der Waals surface area contributed by atoms with Crippen LogP contribution in [-0.2, 0) is 20.7 Å². The SMILES string of the molecule is C=C(C)COc1ccc2c(C)c(CCC(=O)N[C@@H](C)C(=O)OC)c(=O)oc2c1. The van der Waals surface area contributed by atoms with Crippen LogP contribution in [0.15, 0.2) is 39.6 Å². The molecule has 0 saturated heterocycles. The van der Waals surface area contributed by atoms with Crippen LogP contribution in [0.3, 0.4) is 0 Å². The Morgan fingerprint density at radius 3 is 2.68 bits per heavy atom. The van der Waals surface area contributed by atoms with Crippen molar-refractivity contribution in [2.24, 2.45) is 0 Å². The number of benzene rings is 1. The minimum atomic E-state index is -0.746. The van der Waals surface area contributed by atoms with Crippen LogP contribution in [0, 0.1) is 6.92 Å². The van der Waals surface area contributed by atoms with Gasteiger partial charge in [-0.2, -0.15) is 0 Å². The fourth-order valence-corrected chi connectivity index (χ4v) is 2.75. The van der Waals surface area contributed by atoms with Gasteiger partial charge in [-0.15, -0.1) is 0 Å². The van der Waals surface area contributed by atoms with E-state index >= 15 is 0 Å². The van der Waals surface area contributed by atoms with E-state index in [0.717, 1.165) is 16.5 Å². The summed E-state index contributed by atoms with van der Waals surface area (Å²) in [7, 11) is 1.25. The van der Waals surface area contributed by atoms with Crippen molar-refractivity contribution in [3.63, 3.8) is 0 Å². The normalized spacial score (nSPS) is 11.7. The van der Waals surface area contributed by atoms with Crippen molar-refractivity contribution in [2.45, 2.75) is 39.7 Å². The predicted octanol–water partition coefficient (Wildman–Crippen LogP) is 2.67. The third kappa shape index (κ3) is 5.22.